The Balaban J connectivity index is 2.22. The SMILES string of the molecule is CC(Nc1ccccc1I)c1cccc(C(F)(F)F)c1. The molecule has 2 aromatic carbocycles. The van der Waals surface area contributed by atoms with Crippen LogP contribution in [-0.4, -0.2) is 0 Å². The lowest BCUT2D eigenvalue weighted by Gasteiger charge is -2.18. The van der Waals surface area contributed by atoms with E-state index in [-0.39, 0.29) is 6.04 Å². The molecule has 1 nitrogen and oxygen atoms in total. The van der Waals surface area contributed by atoms with Crippen LogP contribution >= 0.6 is 22.6 Å². The van der Waals surface area contributed by atoms with Gasteiger partial charge in [-0.25, -0.2) is 0 Å². The second-order valence-electron chi connectivity index (χ2n) is 4.47. The van der Waals surface area contributed by atoms with Crippen LogP contribution in [0.15, 0.2) is 48.5 Å². The van der Waals surface area contributed by atoms with Crippen molar-refractivity contribution in [2.45, 2.75) is 19.1 Å². The number of halogens is 4. The third kappa shape index (κ3) is 3.65. The number of para-hydroxylation sites is 1. The summed E-state index contributed by atoms with van der Waals surface area (Å²) in [5, 5.41) is 3.23. The average Bonchev–Trinajstić information content (AvgIpc) is 2.40. The first kappa shape index (κ1) is 15.2. The van der Waals surface area contributed by atoms with E-state index in [1.54, 1.807) is 6.07 Å². The Morgan fingerprint density at radius 2 is 1.75 bits per heavy atom. The van der Waals surface area contributed by atoms with E-state index in [0.29, 0.717) is 5.56 Å². The van der Waals surface area contributed by atoms with E-state index < -0.39 is 11.7 Å². The van der Waals surface area contributed by atoms with Gasteiger partial charge in [0.1, 0.15) is 0 Å². The average molecular weight is 391 g/mol. The van der Waals surface area contributed by atoms with Gasteiger partial charge in [0.25, 0.3) is 0 Å². The van der Waals surface area contributed by atoms with Crippen LogP contribution in [0.5, 0.6) is 0 Å². The molecule has 0 aromatic heterocycles. The molecular weight excluding hydrogens is 378 g/mol. The maximum atomic E-state index is 12.7. The van der Waals surface area contributed by atoms with E-state index in [0.717, 1.165) is 15.3 Å². The summed E-state index contributed by atoms with van der Waals surface area (Å²) in [5.41, 5.74) is 0.906. The predicted octanol–water partition coefficient (Wildman–Crippen LogP) is 5.48. The van der Waals surface area contributed by atoms with E-state index in [4.69, 9.17) is 0 Å². The molecule has 0 aliphatic rings. The molecule has 0 fully saturated rings. The van der Waals surface area contributed by atoms with Crippen LogP contribution in [0.4, 0.5) is 18.9 Å². The van der Waals surface area contributed by atoms with E-state index in [9.17, 15) is 13.2 Å². The zero-order valence-corrected chi connectivity index (χ0v) is 12.9. The second-order valence-corrected chi connectivity index (χ2v) is 5.63. The van der Waals surface area contributed by atoms with Gasteiger partial charge >= 0.3 is 6.18 Å². The van der Waals surface area contributed by atoms with E-state index >= 15 is 0 Å². The van der Waals surface area contributed by atoms with Crippen LogP contribution in [0.25, 0.3) is 0 Å². The van der Waals surface area contributed by atoms with Gasteiger partial charge in [0.2, 0.25) is 0 Å². The normalized spacial score (nSPS) is 13.1. The summed E-state index contributed by atoms with van der Waals surface area (Å²) in [4.78, 5) is 0. The van der Waals surface area contributed by atoms with Crippen molar-refractivity contribution in [2.24, 2.45) is 0 Å². The van der Waals surface area contributed by atoms with Gasteiger partial charge in [0.05, 0.1) is 5.56 Å². The maximum Gasteiger partial charge on any atom is 0.416 e. The van der Waals surface area contributed by atoms with Crippen LogP contribution in [0.1, 0.15) is 24.1 Å². The first-order valence-corrected chi connectivity index (χ1v) is 7.14. The van der Waals surface area contributed by atoms with Crippen LogP contribution in [0.2, 0.25) is 0 Å². The summed E-state index contributed by atoms with van der Waals surface area (Å²) in [5.74, 6) is 0. The highest BCUT2D eigenvalue weighted by molar-refractivity contribution is 14.1. The third-order valence-corrected chi connectivity index (χ3v) is 3.90. The van der Waals surface area contributed by atoms with Gasteiger partial charge in [-0.05, 0) is 59.3 Å². The van der Waals surface area contributed by atoms with Crippen molar-refractivity contribution >= 4 is 28.3 Å². The Kier molecular flexibility index (Phi) is 4.57. The number of hydrogen-bond donors (Lipinski definition) is 1. The zero-order valence-electron chi connectivity index (χ0n) is 10.7. The van der Waals surface area contributed by atoms with Crippen molar-refractivity contribution in [1.29, 1.82) is 0 Å². The van der Waals surface area contributed by atoms with E-state index in [2.05, 4.69) is 27.9 Å². The molecule has 0 saturated carbocycles. The second kappa shape index (κ2) is 6.03. The molecule has 0 bridgehead atoms. The lowest BCUT2D eigenvalue weighted by atomic mass is 10.0. The molecule has 0 heterocycles. The fourth-order valence-electron chi connectivity index (χ4n) is 1.88. The summed E-state index contributed by atoms with van der Waals surface area (Å²) in [6, 6.07) is 12.9. The van der Waals surface area contributed by atoms with Gasteiger partial charge in [0.15, 0.2) is 0 Å². The number of rotatable bonds is 3. The standard InChI is InChI=1S/C15H13F3IN/c1-10(20-14-8-3-2-7-13(14)19)11-5-4-6-12(9-11)15(16,17)18/h2-10,20H,1H3. The van der Waals surface area contributed by atoms with Crippen molar-refractivity contribution in [2.75, 3.05) is 5.32 Å². The van der Waals surface area contributed by atoms with Gasteiger partial charge in [-0.15, -0.1) is 0 Å². The number of benzene rings is 2. The third-order valence-electron chi connectivity index (χ3n) is 2.96. The molecule has 0 aliphatic carbocycles. The highest BCUT2D eigenvalue weighted by Gasteiger charge is 2.30. The first-order valence-electron chi connectivity index (χ1n) is 6.06. The van der Waals surface area contributed by atoms with Crippen molar-refractivity contribution in [3.05, 3.63) is 63.2 Å². The minimum absolute atomic E-state index is 0.201. The number of hydrogen-bond acceptors (Lipinski definition) is 1. The Hall–Kier alpha value is -1.24. The molecule has 2 rings (SSSR count). The fraction of sp³-hybridized carbons (Fsp3) is 0.200. The molecule has 106 valence electrons. The Labute approximate surface area is 129 Å². The van der Waals surface area contributed by atoms with Gasteiger partial charge in [-0.3, -0.25) is 0 Å². The molecular formula is C15H13F3IN. The molecule has 20 heavy (non-hydrogen) atoms. The Morgan fingerprint density at radius 3 is 2.40 bits per heavy atom. The molecule has 1 N–H and O–H groups in total. The van der Waals surface area contributed by atoms with Gasteiger partial charge < -0.3 is 5.32 Å². The molecule has 5 heteroatoms. The minimum atomic E-state index is -4.31. The fourth-order valence-corrected chi connectivity index (χ4v) is 2.42. The Morgan fingerprint density at radius 1 is 1.05 bits per heavy atom. The monoisotopic (exact) mass is 391 g/mol. The van der Waals surface area contributed by atoms with Crippen LogP contribution < -0.4 is 5.32 Å². The summed E-state index contributed by atoms with van der Waals surface area (Å²) in [7, 11) is 0. The Bertz CT molecular complexity index is 596. The van der Waals surface area contributed by atoms with Gasteiger partial charge in [0, 0.05) is 15.3 Å². The molecule has 2 aromatic rings. The molecule has 0 radical (unpaired) electrons. The van der Waals surface area contributed by atoms with Crippen molar-refractivity contribution < 1.29 is 13.2 Å². The highest BCUT2D eigenvalue weighted by atomic mass is 127. The number of anilines is 1. The zero-order chi connectivity index (χ0) is 14.8. The van der Waals surface area contributed by atoms with Crippen molar-refractivity contribution in [3.8, 4) is 0 Å². The lowest BCUT2D eigenvalue weighted by Crippen LogP contribution is -2.10. The van der Waals surface area contributed by atoms with E-state index in [1.165, 1.54) is 12.1 Å². The molecule has 0 saturated heterocycles. The smallest absolute Gasteiger partial charge is 0.378 e. The van der Waals surface area contributed by atoms with Crippen LogP contribution in [0, 0.1) is 3.57 Å². The molecule has 0 aliphatic heterocycles. The van der Waals surface area contributed by atoms with Crippen LogP contribution in [0.3, 0.4) is 0 Å². The lowest BCUT2D eigenvalue weighted by molar-refractivity contribution is -0.137. The summed E-state index contributed by atoms with van der Waals surface area (Å²) in [6.07, 6.45) is -4.31. The predicted molar refractivity (Wildman–Crippen MR) is 82.6 cm³/mol. The summed E-state index contributed by atoms with van der Waals surface area (Å²) >= 11 is 2.19. The number of nitrogens with one attached hydrogen (secondary N) is 1. The van der Waals surface area contributed by atoms with Crippen molar-refractivity contribution in [1.82, 2.24) is 0 Å². The minimum Gasteiger partial charge on any atom is -0.378 e. The van der Waals surface area contributed by atoms with Gasteiger partial charge in [-0.1, -0.05) is 24.3 Å². The van der Waals surface area contributed by atoms with E-state index in [1.807, 2.05) is 31.2 Å². The number of alkyl halides is 3. The summed E-state index contributed by atoms with van der Waals surface area (Å²) < 4.78 is 39.1. The molecule has 1 unspecified atom stereocenters. The first-order chi connectivity index (χ1) is 9.38. The topological polar surface area (TPSA) is 12.0 Å². The summed E-state index contributed by atoms with van der Waals surface area (Å²) in [6.45, 7) is 1.85. The quantitative estimate of drug-likeness (QED) is 0.683. The largest absolute Gasteiger partial charge is 0.416 e. The molecule has 0 amide bonds. The van der Waals surface area contributed by atoms with Crippen molar-refractivity contribution in [3.63, 3.8) is 0 Å². The molecule has 1 atom stereocenters. The van der Waals surface area contributed by atoms with Crippen LogP contribution in [-0.2, 0) is 6.18 Å². The molecule has 0 spiro atoms. The van der Waals surface area contributed by atoms with Gasteiger partial charge in [-0.2, -0.15) is 13.2 Å². The maximum absolute atomic E-state index is 12.7. The highest BCUT2D eigenvalue weighted by Crippen LogP contribution is 2.31.